The molecule has 0 bridgehead atoms. The molecule has 1 atom stereocenters. The Morgan fingerprint density at radius 2 is 1.79 bits per heavy atom. The first-order chi connectivity index (χ1) is 13.9. The molecule has 2 amide bonds. The van der Waals surface area contributed by atoms with E-state index in [1.807, 2.05) is 24.3 Å². The zero-order valence-corrected chi connectivity index (χ0v) is 17.6. The topological polar surface area (TPSA) is 66.9 Å². The summed E-state index contributed by atoms with van der Waals surface area (Å²) in [5.41, 5.74) is 2.34. The molecule has 1 unspecified atom stereocenters. The molecule has 3 rings (SSSR count). The van der Waals surface area contributed by atoms with Crippen molar-refractivity contribution in [2.24, 2.45) is 0 Å². The molecule has 29 heavy (non-hydrogen) atoms. The van der Waals surface area contributed by atoms with Crippen LogP contribution in [0, 0.1) is 0 Å². The fraction of sp³-hybridized carbons (Fsp3) is 0.318. The number of carbonyl (C=O) groups excluding carboxylic acids is 3. The molecule has 0 N–H and O–H groups in total. The summed E-state index contributed by atoms with van der Waals surface area (Å²) in [7, 11) is 3.37. The summed E-state index contributed by atoms with van der Waals surface area (Å²) < 4.78 is 5.48. The Bertz CT molecular complexity index is 929. The van der Waals surface area contributed by atoms with Crippen molar-refractivity contribution in [3.05, 3.63) is 59.7 Å². The Morgan fingerprint density at radius 3 is 2.55 bits per heavy atom. The van der Waals surface area contributed by atoms with Crippen LogP contribution in [-0.2, 0) is 20.7 Å². The lowest BCUT2D eigenvalue weighted by molar-refractivity contribution is -0.126. The van der Waals surface area contributed by atoms with Gasteiger partial charge in [0.05, 0.1) is 11.3 Å². The van der Waals surface area contributed by atoms with E-state index in [2.05, 4.69) is 0 Å². The summed E-state index contributed by atoms with van der Waals surface area (Å²) in [5, 5.41) is 0. The van der Waals surface area contributed by atoms with Gasteiger partial charge in [-0.05, 0) is 37.1 Å². The highest BCUT2D eigenvalue weighted by molar-refractivity contribution is 8.00. The number of esters is 1. The maximum atomic E-state index is 12.8. The van der Waals surface area contributed by atoms with Crippen molar-refractivity contribution in [1.82, 2.24) is 4.90 Å². The van der Waals surface area contributed by atoms with Crippen LogP contribution >= 0.6 is 11.8 Å². The van der Waals surface area contributed by atoms with Gasteiger partial charge >= 0.3 is 5.97 Å². The lowest BCUT2D eigenvalue weighted by atomic mass is 10.2. The van der Waals surface area contributed by atoms with Crippen molar-refractivity contribution in [3.8, 4) is 0 Å². The monoisotopic (exact) mass is 412 g/mol. The van der Waals surface area contributed by atoms with E-state index in [1.54, 1.807) is 50.2 Å². The standard InChI is InChI=1S/C22H24N2O4S/c1-15(21(26)24-13-12-16-8-4-6-10-18(16)24)28-22(27)17-9-5-7-11-19(17)29-14-20(25)23(2)3/h4-11,15H,12-14H2,1-3H3. The van der Waals surface area contributed by atoms with Crippen LogP contribution in [0.1, 0.15) is 22.8 Å². The number of hydrogen-bond donors (Lipinski definition) is 0. The van der Waals surface area contributed by atoms with Crippen LogP contribution in [0.3, 0.4) is 0 Å². The SMILES string of the molecule is CC(OC(=O)c1ccccc1SCC(=O)N(C)C)C(=O)N1CCc2ccccc21. The molecule has 1 heterocycles. The number of benzene rings is 2. The zero-order chi connectivity index (χ0) is 21.0. The second-order valence-corrected chi connectivity index (χ2v) is 8.01. The molecule has 1 aliphatic rings. The van der Waals surface area contributed by atoms with E-state index in [-0.39, 0.29) is 17.6 Å². The molecule has 0 radical (unpaired) electrons. The van der Waals surface area contributed by atoms with E-state index in [4.69, 9.17) is 4.74 Å². The molecule has 2 aromatic rings. The number of thioether (sulfide) groups is 1. The number of rotatable bonds is 6. The number of hydrogen-bond acceptors (Lipinski definition) is 5. The zero-order valence-electron chi connectivity index (χ0n) is 16.8. The number of carbonyl (C=O) groups is 3. The quantitative estimate of drug-likeness (QED) is 0.539. The molecule has 2 aromatic carbocycles. The van der Waals surface area contributed by atoms with Crippen LogP contribution in [0.4, 0.5) is 5.69 Å². The van der Waals surface area contributed by atoms with Gasteiger partial charge in [0, 0.05) is 31.2 Å². The Hall–Kier alpha value is -2.80. The van der Waals surface area contributed by atoms with E-state index >= 15 is 0 Å². The van der Waals surface area contributed by atoms with Gasteiger partial charge in [-0.3, -0.25) is 9.59 Å². The minimum Gasteiger partial charge on any atom is -0.449 e. The average molecular weight is 413 g/mol. The first-order valence-corrected chi connectivity index (χ1v) is 10.4. The number of fused-ring (bicyclic) bond motifs is 1. The van der Waals surface area contributed by atoms with Crippen molar-refractivity contribution in [2.75, 3.05) is 31.3 Å². The second kappa shape index (κ2) is 9.13. The molecule has 6 nitrogen and oxygen atoms in total. The minimum absolute atomic E-state index is 0.0468. The van der Waals surface area contributed by atoms with Crippen molar-refractivity contribution in [2.45, 2.75) is 24.3 Å². The van der Waals surface area contributed by atoms with Gasteiger partial charge in [0.1, 0.15) is 0 Å². The van der Waals surface area contributed by atoms with Crippen LogP contribution in [0.25, 0.3) is 0 Å². The molecular weight excluding hydrogens is 388 g/mol. The van der Waals surface area contributed by atoms with Crippen LogP contribution in [-0.4, -0.2) is 55.2 Å². The van der Waals surface area contributed by atoms with E-state index in [0.29, 0.717) is 17.0 Å². The fourth-order valence-corrected chi connectivity index (χ4v) is 4.11. The summed E-state index contributed by atoms with van der Waals surface area (Å²) in [5.74, 6) is -0.638. The molecule has 0 aromatic heterocycles. The smallest absolute Gasteiger partial charge is 0.340 e. The highest BCUT2D eigenvalue weighted by atomic mass is 32.2. The molecule has 0 saturated heterocycles. The molecule has 152 valence electrons. The van der Waals surface area contributed by atoms with E-state index in [9.17, 15) is 14.4 Å². The number of anilines is 1. The Labute approximate surface area is 174 Å². The van der Waals surface area contributed by atoms with E-state index in [1.165, 1.54) is 16.7 Å². The first-order valence-electron chi connectivity index (χ1n) is 9.40. The van der Waals surface area contributed by atoms with Crippen molar-refractivity contribution >= 4 is 35.2 Å². The molecular formula is C22H24N2O4S. The number of ether oxygens (including phenoxy) is 1. The molecule has 0 fully saturated rings. The van der Waals surface area contributed by atoms with Gasteiger partial charge in [-0.2, -0.15) is 0 Å². The highest BCUT2D eigenvalue weighted by Gasteiger charge is 2.30. The molecule has 0 aliphatic carbocycles. The van der Waals surface area contributed by atoms with Crippen molar-refractivity contribution < 1.29 is 19.1 Å². The van der Waals surface area contributed by atoms with Gasteiger partial charge in [0.2, 0.25) is 5.91 Å². The van der Waals surface area contributed by atoms with Crippen LogP contribution < -0.4 is 4.90 Å². The fourth-order valence-electron chi connectivity index (χ4n) is 3.09. The lowest BCUT2D eigenvalue weighted by Gasteiger charge is -2.22. The second-order valence-electron chi connectivity index (χ2n) is 6.99. The van der Waals surface area contributed by atoms with Gasteiger partial charge in [-0.25, -0.2) is 4.79 Å². The van der Waals surface area contributed by atoms with Crippen LogP contribution in [0.15, 0.2) is 53.4 Å². The summed E-state index contributed by atoms with van der Waals surface area (Å²) in [6.45, 7) is 2.17. The predicted octanol–water partition coefficient (Wildman–Crippen LogP) is 3.00. The van der Waals surface area contributed by atoms with Crippen LogP contribution in [0.5, 0.6) is 0 Å². The summed E-state index contributed by atoms with van der Waals surface area (Å²) in [4.78, 5) is 41.2. The normalized spacial score (nSPS) is 13.6. The summed E-state index contributed by atoms with van der Waals surface area (Å²) in [6.07, 6.45) is -0.114. The lowest BCUT2D eigenvalue weighted by Crippen LogP contribution is -2.39. The predicted molar refractivity (Wildman–Crippen MR) is 113 cm³/mol. The summed E-state index contributed by atoms with van der Waals surface area (Å²) in [6, 6.07) is 14.7. The number of amides is 2. The van der Waals surface area contributed by atoms with E-state index in [0.717, 1.165) is 17.7 Å². The third-order valence-corrected chi connectivity index (χ3v) is 5.80. The Kier molecular flexibility index (Phi) is 6.59. The Balaban J connectivity index is 1.67. The first kappa shape index (κ1) is 20.9. The van der Waals surface area contributed by atoms with Crippen molar-refractivity contribution in [3.63, 3.8) is 0 Å². The average Bonchev–Trinajstić information content (AvgIpc) is 3.15. The van der Waals surface area contributed by atoms with Crippen molar-refractivity contribution in [1.29, 1.82) is 0 Å². The van der Waals surface area contributed by atoms with Gasteiger partial charge in [-0.15, -0.1) is 11.8 Å². The van der Waals surface area contributed by atoms with Gasteiger partial charge in [-0.1, -0.05) is 30.3 Å². The number of para-hydroxylation sites is 1. The van der Waals surface area contributed by atoms with Gasteiger partial charge in [0.25, 0.3) is 5.91 Å². The third kappa shape index (κ3) is 4.79. The van der Waals surface area contributed by atoms with E-state index < -0.39 is 12.1 Å². The maximum Gasteiger partial charge on any atom is 0.340 e. The van der Waals surface area contributed by atoms with Crippen LogP contribution in [0.2, 0.25) is 0 Å². The molecule has 0 spiro atoms. The van der Waals surface area contributed by atoms with Gasteiger partial charge in [0.15, 0.2) is 6.10 Å². The minimum atomic E-state index is -0.907. The Morgan fingerprint density at radius 1 is 1.10 bits per heavy atom. The number of nitrogens with zero attached hydrogens (tertiary/aromatic N) is 2. The summed E-state index contributed by atoms with van der Waals surface area (Å²) >= 11 is 1.28. The molecule has 7 heteroatoms. The van der Waals surface area contributed by atoms with Gasteiger partial charge < -0.3 is 14.5 Å². The highest BCUT2D eigenvalue weighted by Crippen LogP contribution is 2.29. The molecule has 0 saturated carbocycles. The molecule has 1 aliphatic heterocycles. The third-order valence-electron chi connectivity index (χ3n) is 4.74. The largest absolute Gasteiger partial charge is 0.449 e. The maximum absolute atomic E-state index is 12.8.